The number of benzene rings is 2. The van der Waals surface area contributed by atoms with Crippen LogP contribution in [0.1, 0.15) is 25.5 Å². The Kier molecular flexibility index (Phi) is 4.83. The molecule has 3 nitrogen and oxygen atoms in total. The molecule has 1 N–H and O–H groups in total. The van der Waals surface area contributed by atoms with Crippen molar-refractivity contribution < 1.29 is 4.79 Å². The Morgan fingerprint density at radius 2 is 1.75 bits per heavy atom. The molecule has 1 aliphatic rings. The Morgan fingerprint density at radius 3 is 2.33 bits per heavy atom. The van der Waals surface area contributed by atoms with E-state index < -0.39 is 0 Å². The van der Waals surface area contributed by atoms with Gasteiger partial charge >= 0.3 is 0 Å². The molecule has 0 bridgehead atoms. The normalized spacial score (nSPS) is 17.7. The van der Waals surface area contributed by atoms with Gasteiger partial charge in [0.25, 0.3) is 0 Å². The van der Waals surface area contributed by atoms with E-state index in [0.717, 1.165) is 27.0 Å². The van der Waals surface area contributed by atoms with Crippen LogP contribution >= 0.6 is 28.1 Å². The van der Waals surface area contributed by atoms with E-state index in [-0.39, 0.29) is 11.8 Å². The summed E-state index contributed by atoms with van der Waals surface area (Å²) in [5.74, 6) is 0.0383. The monoisotopic (exact) mass is 400 g/mol. The van der Waals surface area contributed by atoms with Crippen LogP contribution < -0.4 is 10.2 Å². The standard InChI is InChI=1S/C19H17BrN2OS/c1-12-17(13(2)23)18(14-8-10-15(20)11-9-14)21-19(24)22(12)16-6-4-3-5-7-16/h3-11,18H,1-2H3,(H,21,24)/t18-/m0/s1. The average molecular weight is 401 g/mol. The van der Waals surface area contributed by atoms with E-state index in [0.29, 0.717) is 5.11 Å². The van der Waals surface area contributed by atoms with Gasteiger partial charge in [-0.15, -0.1) is 0 Å². The second kappa shape index (κ2) is 6.87. The molecule has 122 valence electrons. The lowest BCUT2D eigenvalue weighted by Gasteiger charge is -2.37. The summed E-state index contributed by atoms with van der Waals surface area (Å²) in [4.78, 5) is 14.3. The molecule has 0 unspecified atom stereocenters. The lowest BCUT2D eigenvalue weighted by atomic mass is 9.92. The van der Waals surface area contributed by atoms with Gasteiger partial charge in [-0.05, 0) is 55.9 Å². The van der Waals surface area contributed by atoms with Crippen molar-refractivity contribution in [2.45, 2.75) is 19.9 Å². The van der Waals surface area contributed by atoms with Crippen LogP contribution in [0.4, 0.5) is 5.69 Å². The smallest absolute Gasteiger partial charge is 0.178 e. The van der Waals surface area contributed by atoms with Gasteiger partial charge in [0.15, 0.2) is 10.9 Å². The Labute approximate surface area is 155 Å². The van der Waals surface area contributed by atoms with Crippen LogP contribution in [0.15, 0.2) is 70.3 Å². The number of hydrogen-bond donors (Lipinski definition) is 1. The Hall–Kier alpha value is -1.98. The molecule has 3 rings (SSSR count). The molecular formula is C19H17BrN2OS. The number of carbonyl (C=O) groups is 1. The number of halogens is 1. The molecule has 0 amide bonds. The van der Waals surface area contributed by atoms with Crippen molar-refractivity contribution in [2.24, 2.45) is 0 Å². The summed E-state index contributed by atoms with van der Waals surface area (Å²) in [6.07, 6.45) is 0. The summed E-state index contributed by atoms with van der Waals surface area (Å²) in [6.45, 7) is 3.55. The third-order valence-corrected chi connectivity index (χ3v) is 4.91. The lowest BCUT2D eigenvalue weighted by molar-refractivity contribution is -0.114. The highest BCUT2D eigenvalue weighted by molar-refractivity contribution is 9.10. The second-order valence-electron chi connectivity index (χ2n) is 5.66. The quantitative estimate of drug-likeness (QED) is 0.753. The molecule has 0 saturated heterocycles. The maximum Gasteiger partial charge on any atom is 0.178 e. The number of carbonyl (C=O) groups excluding carboxylic acids is 1. The third-order valence-electron chi connectivity index (χ3n) is 4.08. The summed E-state index contributed by atoms with van der Waals surface area (Å²) in [7, 11) is 0. The van der Waals surface area contributed by atoms with E-state index in [4.69, 9.17) is 12.2 Å². The van der Waals surface area contributed by atoms with Crippen LogP contribution in [0, 0.1) is 0 Å². The lowest BCUT2D eigenvalue weighted by Crippen LogP contribution is -2.47. The van der Waals surface area contributed by atoms with Crippen LogP contribution in [0.2, 0.25) is 0 Å². The Bertz CT molecular complexity index is 815. The number of nitrogens with zero attached hydrogens (tertiary/aromatic N) is 1. The van der Waals surface area contributed by atoms with Crippen LogP contribution in [-0.4, -0.2) is 10.9 Å². The van der Waals surface area contributed by atoms with Crippen molar-refractivity contribution >= 4 is 44.7 Å². The largest absolute Gasteiger partial charge is 0.351 e. The number of para-hydroxylation sites is 1. The highest BCUT2D eigenvalue weighted by Gasteiger charge is 2.32. The number of anilines is 1. The molecule has 0 saturated carbocycles. The summed E-state index contributed by atoms with van der Waals surface area (Å²) < 4.78 is 1.00. The summed E-state index contributed by atoms with van der Waals surface area (Å²) >= 11 is 9.03. The molecule has 1 heterocycles. The van der Waals surface area contributed by atoms with Gasteiger partial charge in [-0.3, -0.25) is 9.69 Å². The first-order valence-electron chi connectivity index (χ1n) is 7.62. The van der Waals surface area contributed by atoms with E-state index in [1.165, 1.54) is 0 Å². The second-order valence-corrected chi connectivity index (χ2v) is 6.96. The van der Waals surface area contributed by atoms with E-state index in [9.17, 15) is 4.79 Å². The van der Waals surface area contributed by atoms with E-state index in [1.54, 1.807) is 6.92 Å². The van der Waals surface area contributed by atoms with Crippen molar-refractivity contribution in [2.75, 3.05) is 4.90 Å². The Balaban J connectivity index is 2.11. The topological polar surface area (TPSA) is 32.3 Å². The van der Waals surface area contributed by atoms with E-state index >= 15 is 0 Å². The van der Waals surface area contributed by atoms with Gasteiger partial charge in [-0.1, -0.05) is 46.3 Å². The molecular weight excluding hydrogens is 384 g/mol. The van der Waals surface area contributed by atoms with Crippen LogP contribution in [0.5, 0.6) is 0 Å². The van der Waals surface area contributed by atoms with Gasteiger partial charge in [-0.25, -0.2) is 0 Å². The fourth-order valence-electron chi connectivity index (χ4n) is 2.99. The maximum absolute atomic E-state index is 12.4. The van der Waals surface area contributed by atoms with Gasteiger partial charge < -0.3 is 5.32 Å². The SMILES string of the molecule is CC(=O)C1=C(C)N(c2ccccc2)C(=S)N[C@H]1c1ccc(Br)cc1. The minimum atomic E-state index is -0.233. The van der Waals surface area contributed by atoms with Crippen LogP contribution in [-0.2, 0) is 4.79 Å². The van der Waals surface area contributed by atoms with Gasteiger partial charge in [-0.2, -0.15) is 0 Å². The first-order chi connectivity index (χ1) is 11.5. The zero-order chi connectivity index (χ0) is 17.3. The Morgan fingerprint density at radius 1 is 1.12 bits per heavy atom. The molecule has 5 heteroatoms. The summed E-state index contributed by atoms with van der Waals surface area (Å²) in [6, 6.07) is 17.5. The number of hydrogen-bond acceptors (Lipinski definition) is 2. The highest BCUT2D eigenvalue weighted by Crippen LogP contribution is 2.34. The molecule has 2 aromatic carbocycles. The summed E-state index contributed by atoms with van der Waals surface area (Å²) in [5, 5.41) is 3.92. The van der Waals surface area contributed by atoms with Crippen molar-refractivity contribution in [3.05, 3.63) is 75.9 Å². The van der Waals surface area contributed by atoms with Gasteiger partial charge in [0.1, 0.15) is 0 Å². The molecule has 24 heavy (non-hydrogen) atoms. The number of rotatable bonds is 3. The first-order valence-corrected chi connectivity index (χ1v) is 8.82. The number of nitrogens with one attached hydrogen (secondary N) is 1. The predicted molar refractivity (Wildman–Crippen MR) is 105 cm³/mol. The van der Waals surface area contributed by atoms with E-state index in [1.807, 2.05) is 66.4 Å². The highest BCUT2D eigenvalue weighted by atomic mass is 79.9. The van der Waals surface area contributed by atoms with Crippen LogP contribution in [0.3, 0.4) is 0 Å². The first kappa shape index (κ1) is 16.9. The molecule has 0 radical (unpaired) electrons. The van der Waals surface area contributed by atoms with Crippen LogP contribution in [0.25, 0.3) is 0 Å². The molecule has 0 spiro atoms. The molecule has 2 aromatic rings. The minimum Gasteiger partial charge on any atom is -0.351 e. The fraction of sp³-hybridized carbons (Fsp3) is 0.158. The van der Waals surface area contributed by atoms with Crippen molar-refractivity contribution in [1.29, 1.82) is 0 Å². The summed E-state index contributed by atoms with van der Waals surface area (Å²) in [5.41, 5.74) is 3.55. The zero-order valence-corrected chi connectivity index (χ0v) is 15.8. The van der Waals surface area contributed by atoms with Crippen molar-refractivity contribution in [3.8, 4) is 0 Å². The maximum atomic E-state index is 12.4. The van der Waals surface area contributed by atoms with Gasteiger partial charge in [0.05, 0.1) is 6.04 Å². The number of allylic oxidation sites excluding steroid dienone is 1. The zero-order valence-electron chi connectivity index (χ0n) is 13.4. The predicted octanol–water partition coefficient (Wildman–Crippen LogP) is 4.75. The molecule has 1 atom stereocenters. The number of Topliss-reactive ketones (excluding diaryl/α,β-unsaturated/α-hetero) is 1. The minimum absolute atomic E-state index is 0.0383. The molecule has 0 aromatic heterocycles. The van der Waals surface area contributed by atoms with Crippen molar-refractivity contribution in [3.63, 3.8) is 0 Å². The van der Waals surface area contributed by atoms with Gasteiger partial charge in [0, 0.05) is 21.4 Å². The number of thiocarbonyl (C=S) groups is 1. The van der Waals surface area contributed by atoms with E-state index in [2.05, 4.69) is 21.2 Å². The number of ketones is 1. The third kappa shape index (κ3) is 3.14. The average Bonchev–Trinajstić information content (AvgIpc) is 2.55. The van der Waals surface area contributed by atoms with Gasteiger partial charge in [0.2, 0.25) is 0 Å². The molecule has 1 aliphatic heterocycles. The van der Waals surface area contributed by atoms with Crippen molar-refractivity contribution in [1.82, 2.24) is 5.32 Å². The molecule has 0 fully saturated rings. The molecule has 0 aliphatic carbocycles. The fourth-order valence-corrected chi connectivity index (χ4v) is 3.62.